The molecule has 96 valence electrons. The van der Waals surface area contributed by atoms with E-state index in [1.807, 2.05) is 18.2 Å². The molecule has 0 aliphatic carbocycles. The van der Waals surface area contributed by atoms with Gasteiger partial charge >= 0.3 is 6.01 Å². The van der Waals surface area contributed by atoms with Gasteiger partial charge < -0.3 is 10.2 Å². The average Bonchev–Trinajstić information content (AvgIpc) is 2.95. The number of nitrogens with one attached hydrogen (secondary N) is 1. The van der Waals surface area contributed by atoms with Crippen LogP contribution in [-0.4, -0.2) is 16.1 Å². The molecule has 0 unspecified atom stereocenters. The number of rotatable bonds is 2. The Hall–Kier alpha value is -2.41. The van der Waals surface area contributed by atoms with Gasteiger partial charge in [-0.2, -0.15) is 0 Å². The maximum absolute atomic E-state index is 12.0. The van der Waals surface area contributed by atoms with Crippen molar-refractivity contribution in [2.24, 2.45) is 0 Å². The first-order valence-corrected chi connectivity index (χ1v) is 6.34. The number of thiophene rings is 1. The maximum atomic E-state index is 12.0. The number of nitrogens with two attached hydrogens (primary N) is 1. The molecule has 0 fully saturated rings. The van der Waals surface area contributed by atoms with E-state index in [2.05, 4.69) is 15.5 Å². The lowest BCUT2D eigenvalue weighted by Crippen LogP contribution is -2.10. The lowest BCUT2D eigenvalue weighted by molar-refractivity contribution is 0.102. The normalized spacial score (nSPS) is 10.8. The first-order chi connectivity index (χ1) is 9.11. The molecular weight excluding hydrogens is 264 g/mol. The van der Waals surface area contributed by atoms with Gasteiger partial charge in [-0.05, 0) is 29.7 Å². The van der Waals surface area contributed by atoms with E-state index < -0.39 is 0 Å². The van der Waals surface area contributed by atoms with Crippen LogP contribution in [0.15, 0.2) is 28.7 Å². The van der Waals surface area contributed by atoms with Crippen molar-refractivity contribution in [2.75, 3.05) is 11.1 Å². The predicted octanol–water partition coefficient (Wildman–Crippen LogP) is 2.43. The fourth-order valence-electron chi connectivity index (χ4n) is 1.68. The van der Waals surface area contributed by atoms with Crippen molar-refractivity contribution < 1.29 is 9.21 Å². The number of anilines is 2. The number of nitrogens with zero attached hydrogens (tertiary/aromatic N) is 2. The minimum absolute atomic E-state index is 0.0967. The van der Waals surface area contributed by atoms with Crippen LogP contribution in [0.2, 0.25) is 0 Å². The molecule has 3 N–H and O–H groups in total. The zero-order chi connectivity index (χ0) is 13.4. The van der Waals surface area contributed by atoms with Crippen molar-refractivity contribution in [1.29, 1.82) is 0 Å². The van der Waals surface area contributed by atoms with E-state index in [-0.39, 0.29) is 11.9 Å². The molecule has 1 aromatic carbocycles. The topological polar surface area (TPSA) is 94.0 Å². The van der Waals surface area contributed by atoms with Crippen molar-refractivity contribution in [3.8, 4) is 0 Å². The summed E-state index contributed by atoms with van der Waals surface area (Å²) >= 11 is 1.38. The monoisotopic (exact) mass is 274 g/mol. The van der Waals surface area contributed by atoms with E-state index in [9.17, 15) is 4.79 Å². The molecule has 2 aromatic heterocycles. The number of nitrogen functional groups attached to an aromatic ring is 1. The number of aryl methyl sites for hydroxylation is 1. The second-order valence-electron chi connectivity index (χ2n) is 3.99. The summed E-state index contributed by atoms with van der Waals surface area (Å²) in [7, 11) is 0. The molecule has 0 bridgehead atoms. The van der Waals surface area contributed by atoms with Crippen molar-refractivity contribution >= 4 is 39.0 Å². The van der Waals surface area contributed by atoms with Crippen LogP contribution < -0.4 is 11.1 Å². The summed E-state index contributed by atoms with van der Waals surface area (Å²) in [5.74, 6) is 0.128. The van der Waals surface area contributed by atoms with Crippen LogP contribution in [-0.2, 0) is 0 Å². The van der Waals surface area contributed by atoms with E-state index in [0.29, 0.717) is 16.5 Å². The van der Waals surface area contributed by atoms with E-state index in [4.69, 9.17) is 10.2 Å². The number of benzene rings is 1. The Bertz CT molecular complexity index is 762. The van der Waals surface area contributed by atoms with Gasteiger partial charge in [0.05, 0.1) is 4.88 Å². The highest BCUT2D eigenvalue weighted by atomic mass is 32.1. The number of hydrogen-bond acceptors (Lipinski definition) is 6. The minimum Gasteiger partial charge on any atom is -0.408 e. The molecule has 19 heavy (non-hydrogen) atoms. The molecule has 6 nitrogen and oxygen atoms in total. The number of hydrogen-bond donors (Lipinski definition) is 2. The summed E-state index contributed by atoms with van der Waals surface area (Å²) < 4.78 is 6.10. The van der Waals surface area contributed by atoms with Gasteiger partial charge in [-0.15, -0.1) is 16.4 Å². The third kappa shape index (κ3) is 2.27. The van der Waals surface area contributed by atoms with Gasteiger partial charge in [-0.3, -0.25) is 10.1 Å². The van der Waals surface area contributed by atoms with Crippen LogP contribution in [0.25, 0.3) is 10.1 Å². The number of fused-ring (bicyclic) bond motifs is 1. The molecule has 0 radical (unpaired) electrons. The summed E-state index contributed by atoms with van der Waals surface area (Å²) in [5, 5.41) is 10.9. The summed E-state index contributed by atoms with van der Waals surface area (Å²) in [5.41, 5.74) is 6.38. The molecule has 0 spiro atoms. The van der Waals surface area contributed by atoms with E-state index in [1.54, 1.807) is 13.0 Å². The van der Waals surface area contributed by atoms with Crippen molar-refractivity contribution in [1.82, 2.24) is 10.2 Å². The van der Waals surface area contributed by atoms with E-state index >= 15 is 0 Å². The van der Waals surface area contributed by atoms with E-state index in [1.165, 1.54) is 11.3 Å². The first kappa shape index (κ1) is 11.7. The first-order valence-electron chi connectivity index (χ1n) is 5.52. The molecular formula is C12H10N4O2S. The smallest absolute Gasteiger partial charge is 0.322 e. The Balaban J connectivity index is 1.89. The van der Waals surface area contributed by atoms with Crippen LogP contribution in [0.5, 0.6) is 0 Å². The van der Waals surface area contributed by atoms with Crippen LogP contribution in [0.1, 0.15) is 15.6 Å². The summed E-state index contributed by atoms with van der Waals surface area (Å²) in [6.45, 7) is 1.66. The van der Waals surface area contributed by atoms with Gasteiger partial charge in [0.2, 0.25) is 5.89 Å². The largest absolute Gasteiger partial charge is 0.408 e. The zero-order valence-electron chi connectivity index (χ0n) is 10.0. The Kier molecular flexibility index (Phi) is 2.68. The highest BCUT2D eigenvalue weighted by Crippen LogP contribution is 2.27. The van der Waals surface area contributed by atoms with Crippen LogP contribution in [0.3, 0.4) is 0 Å². The number of aromatic nitrogens is 2. The van der Waals surface area contributed by atoms with Gasteiger partial charge in [0.1, 0.15) is 0 Å². The van der Waals surface area contributed by atoms with Crippen LogP contribution >= 0.6 is 11.3 Å². The third-order valence-corrected chi connectivity index (χ3v) is 3.63. The Morgan fingerprint density at radius 3 is 2.95 bits per heavy atom. The number of carbonyl (C=O) groups is 1. The average molecular weight is 274 g/mol. The highest BCUT2D eigenvalue weighted by Gasteiger charge is 2.13. The lowest BCUT2D eigenvalue weighted by atomic mass is 10.2. The van der Waals surface area contributed by atoms with Gasteiger partial charge in [0, 0.05) is 17.3 Å². The second-order valence-corrected chi connectivity index (χ2v) is 5.07. The molecule has 0 saturated carbocycles. The Morgan fingerprint density at radius 1 is 1.37 bits per heavy atom. The fourth-order valence-corrected chi connectivity index (χ4v) is 2.62. The summed E-state index contributed by atoms with van der Waals surface area (Å²) in [6.07, 6.45) is 0. The predicted molar refractivity (Wildman–Crippen MR) is 73.2 cm³/mol. The summed E-state index contributed by atoms with van der Waals surface area (Å²) in [6, 6.07) is 7.42. The number of carbonyl (C=O) groups excluding carboxylic acids is 1. The molecule has 2 heterocycles. The second kappa shape index (κ2) is 4.36. The third-order valence-electron chi connectivity index (χ3n) is 2.51. The quantitative estimate of drug-likeness (QED) is 0.700. The van der Waals surface area contributed by atoms with Gasteiger partial charge in [0.25, 0.3) is 5.91 Å². The molecule has 3 rings (SSSR count). The fraction of sp³-hybridized carbons (Fsp3) is 0.0833. The minimum atomic E-state index is -0.275. The molecule has 0 atom stereocenters. The molecule has 0 saturated heterocycles. The maximum Gasteiger partial charge on any atom is 0.322 e. The molecule has 0 aliphatic heterocycles. The zero-order valence-corrected chi connectivity index (χ0v) is 10.8. The SMILES string of the molecule is Cc1nnc(NC(=O)c2cc3cc(N)ccc3s2)o1. The standard InChI is InChI=1S/C12H10N4O2S/c1-6-15-16-12(18-6)14-11(17)10-5-7-4-8(13)2-3-9(7)19-10/h2-5H,13H2,1H3,(H,14,16,17). The highest BCUT2D eigenvalue weighted by molar-refractivity contribution is 7.20. The van der Waals surface area contributed by atoms with Crippen molar-refractivity contribution in [2.45, 2.75) is 6.92 Å². The van der Waals surface area contributed by atoms with Gasteiger partial charge in [-0.1, -0.05) is 5.10 Å². The Labute approximate surface area is 112 Å². The van der Waals surface area contributed by atoms with Crippen molar-refractivity contribution in [3.05, 3.63) is 35.0 Å². The molecule has 7 heteroatoms. The molecule has 0 aliphatic rings. The van der Waals surface area contributed by atoms with Crippen LogP contribution in [0, 0.1) is 6.92 Å². The van der Waals surface area contributed by atoms with E-state index in [0.717, 1.165) is 10.1 Å². The van der Waals surface area contributed by atoms with Gasteiger partial charge in [0.15, 0.2) is 0 Å². The van der Waals surface area contributed by atoms with Crippen LogP contribution in [0.4, 0.5) is 11.7 Å². The summed E-state index contributed by atoms with van der Waals surface area (Å²) in [4.78, 5) is 12.6. The molecule has 3 aromatic rings. The number of amides is 1. The Morgan fingerprint density at radius 2 is 2.21 bits per heavy atom. The van der Waals surface area contributed by atoms with Crippen molar-refractivity contribution in [3.63, 3.8) is 0 Å². The molecule has 1 amide bonds. The lowest BCUT2D eigenvalue weighted by Gasteiger charge is -1.95. The van der Waals surface area contributed by atoms with Gasteiger partial charge in [-0.25, -0.2) is 0 Å².